The molecule has 1 nitrogen and oxygen atoms in total. The first-order chi connectivity index (χ1) is 7.84. The molecular formula is C15H15N. The molecule has 1 heterocycles. The molecule has 2 aromatic rings. The van der Waals surface area contributed by atoms with E-state index in [1.165, 1.54) is 12.8 Å². The Hall–Kier alpha value is -1.50. The smallest absolute Gasteiger partial charge is 0.0216 e. The van der Waals surface area contributed by atoms with E-state index < -0.39 is 0 Å². The predicted molar refractivity (Wildman–Crippen MR) is 64.8 cm³/mol. The van der Waals surface area contributed by atoms with Gasteiger partial charge in [0.1, 0.15) is 0 Å². The first-order valence-electron chi connectivity index (χ1n) is 6.07. The van der Waals surface area contributed by atoms with Gasteiger partial charge in [0.2, 0.25) is 0 Å². The number of hydrogen-bond acceptors (Lipinski definition) is 0. The van der Waals surface area contributed by atoms with Crippen LogP contribution in [0.2, 0.25) is 0 Å². The van der Waals surface area contributed by atoms with E-state index in [2.05, 4.69) is 48.1 Å². The minimum Gasteiger partial charge on any atom is -0.354 e. The zero-order valence-electron chi connectivity index (χ0n) is 9.48. The van der Waals surface area contributed by atoms with Gasteiger partial charge >= 0.3 is 0 Å². The summed E-state index contributed by atoms with van der Waals surface area (Å²) < 4.78 is 2.31. The highest BCUT2D eigenvalue weighted by molar-refractivity contribution is 5.50. The molecule has 2 aliphatic rings. The fraction of sp³-hybridized carbons (Fsp3) is 0.333. The molecule has 2 bridgehead atoms. The summed E-state index contributed by atoms with van der Waals surface area (Å²) in [6.07, 6.45) is 4.77. The summed E-state index contributed by atoms with van der Waals surface area (Å²) in [4.78, 5) is 0. The summed E-state index contributed by atoms with van der Waals surface area (Å²) in [6, 6.07) is 11.3. The van der Waals surface area contributed by atoms with E-state index in [-0.39, 0.29) is 0 Å². The summed E-state index contributed by atoms with van der Waals surface area (Å²) in [6.45, 7) is 0. The maximum Gasteiger partial charge on any atom is 0.0216 e. The van der Waals surface area contributed by atoms with Crippen molar-refractivity contribution in [3.05, 3.63) is 58.9 Å². The zero-order chi connectivity index (χ0) is 10.7. The van der Waals surface area contributed by atoms with Crippen LogP contribution in [0.5, 0.6) is 0 Å². The quantitative estimate of drug-likeness (QED) is 0.628. The van der Waals surface area contributed by atoms with Crippen molar-refractivity contribution < 1.29 is 0 Å². The molecule has 1 aromatic carbocycles. The molecular weight excluding hydrogens is 194 g/mol. The molecule has 0 aliphatic heterocycles. The van der Waals surface area contributed by atoms with Crippen LogP contribution in [0.1, 0.15) is 40.6 Å². The van der Waals surface area contributed by atoms with Gasteiger partial charge in [-0.3, -0.25) is 0 Å². The Bertz CT molecular complexity index is 565. The maximum atomic E-state index is 2.33. The molecule has 2 atom stereocenters. The van der Waals surface area contributed by atoms with Crippen molar-refractivity contribution in [3.8, 4) is 0 Å². The van der Waals surface area contributed by atoms with Gasteiger partial charge < -0.3 is 4.57 Å². The largest absolute Gasteiger partial charge is 0.354 e. The highest BCUT2D eigenvalue weighted by atomic mass is 14.9. The number of nitrogens with zero attached hydrogens (tertiary/aromatic N) is 1. The lowest BCUT2D eigenvalue weighted by molar-refractivity contribution is 0.570. The minimum absolute atomic E-state index is 0.672. The highest BCUT2D eigenvalue weighted by Crippen LogP contribution is 2.51. The Labute approximate surface area is 95.7 Å². The Balaban J connectivity index is 1.98. The summed E-state index contributed by atoms with van der Waals surface area (Å²) >= 11 is 0. The second kappa shape index (κ2) is 2.79. The van der Waals surface area contributed by atoms with Gasteiger partial charge in [0.05, 0.1) is 0 Å². The molecule has 1 heteroatoms. The lowest BCUT2D eigenvalue weighted by Gasteiger charge is -2.21. The monoisotopic (exact) mass is 209 g/mol. The van der Waals surface area contributed by atoms with Crippen LogP contribution in [0.3, 0.4) is 0 Å². The summed E-state index contributed by atoms with van der Waals surface area (Å²) in [5.41, 5.74) is 6.31. The Kier molecular flexibility index (Phi) is 1.50. The van der Waals surface area contributed by atoms with Gasteiger partial charge in [0, 0.05) is 24.9 Å². The van der Waals surface area contributed by atoms with E-state index in [4.69, 9.17) is 0 Å². The number of fused-ring (bicyclic) bond motifs is 7. The Morgan fingerprint density at radius 1 is 1.06 bits per heavy atom. The third kappa shape index (κ3) is 0.915. The molecule has 4 rings (SSSR count). The highest BCUT2D eigenvalue weighted by Gasteiger charge is 2.38. The van der Waals surface area contributed by atoms with Gasteiger partial charge in [-0.1, -0.05) is 24.3 Å². The van der Waals surface area contributed by atoms with Crippen molar-refractivity contribution >= 4 is 0 Å². The van der Waals surface area contributed by atoms with Crippen molar-refractivity contribution in [2.75, 3.05) is 0 Å². The number of aryl methyl sites for hydroxylation is 1. The maximum absolute atomic E-state index is 2.33. The average molecular weight is 209 g/mol. The molecule has 0 N–H and O–H groups in total. The third-order valence-electron chi connectivity index (χ3n) is 4.38. The molecule has 16 heavy (non-hydrogen) atoms. The standard InChI is InChI=1S/C15H15N/c1-16-7-6-13-14-8-10(9-15(13)16)11-4-2-3-5-12(11)14/h2-7,10,14H,8-9H2,1H3. The van der Waals surface area contributed by atoms with Gasteiger partial charge in [-0.25, -0.2) is 0 Å². The average Bonchev–Trinajstić information content (AvgIpc) is 2.83. The lowest BCUT2D eigenvalue weighted by atomic mass is 9.85. The van der Waals surface area contributed by atoms with Crippen LogP contribution in [-0.2, 0) is 13.5 Å². The number of aromatic nitrogens is 1. The van der Waals surface area contributed by atoms with Crippen molar-refractivity contribution in [1.82, 2.24) is 4.57 Å². The summed E-state index contributed by atoms with van der Waals surface area (Å²) in [5.74, 6) is 1.44. The molecule has 2 unspecified atom stereocenters. The molecule has 2 aliphatic carbocycles. The molecule has 0 fully saturated rings. The summed E-state index contributed by atoms with van der Waals surface area (Å²) in [5, 5.41) is 0. The molecule has 1 aromatic heterocycles. The van der Waals surface area contributed by atoms with Gasteiger partial charge in [-0.15, -0.1) is 0 Å². The van der Waals surface area contributed by atoms with Gasteiger partial charge in [-0.2, -0.15) is 0 Å². The van der Waals surface area contributed by atoms with E-state index in [0.29, 0.717) is 5.92 Å². The van der Waals surface area contributed by atoms with Crippen LogP contribution in [0.25, 0.3) is 0 Å². The zero-order valence-corrected chi connectivity index (χ0v) is 9.48. The third-order valence-corrected chi connectivity index (χ3v) is 4.38. The van der Waals surface area contributed by atoms with Crippen molar-refractivity contribution in [2.24, 2.45) is 7.05 Å². The summed E-state index contributed by atoms with van der Waals surface area (Å²) in [7, 11) is 2.17. The van der Waals surface area contributed by atoms with E-state index in [0.717, 1.165) is 5.92 Å². The molecule has 0 saturated carbocycles. The van der Waals surface area contributed by atoms with Crippen LogP contribution >= 0.6 is 0 Å². The molecule has 0 saturated heterocycles. The van der Waals surface area contributed by atoms with Crippen LogP contribution in [-0.4, -0.2) is 4.57 Å². The van der Waals surface area contributed by atoms with Gasteiger partial charge in [0.25, 0.3) is 0 Å². The van der Waals surface area contributed by atoms with Crippen LogP contribution in [0, 0.1) is 0 Å². The fourth-order valence-corrected chi connectivity index (χ4v) is 3.62. The van der Waals surface area contributed by atoms with E-state index in [9.17, 15) is 0 Å². The first-order valence-corrected chi connectivity index (χ1v) is 6.07. The second-order valence-electron chi connectivity index (χ2n) is 5.15. The minimum atomic E-state index is 0.672. The van der Waals surface area contributed by atoms with Crippen molar-refractivity contribution in [2.45, 2.75) is 24.7 Å². The van der Waals surface area contributed by atoms with E-state index in [1.807, 2.05) is 0 Å². The predicted octanol–water partition coefficient (Wildman–Crippen LogP) is 3.20. The molecule has 0 amide bonds. The van der Waals surface area contributed by atoms with Crippen molar-refractivity contribution in [1.29, 1.82) is 0 Å². The molecule has 80 valence electrons. The van der Waals surface area contributed by atoms with Crippen LogP contribution < -0.4 is 0 Å². The normalized spacial score (nSPS) is 25.3. The van der Waals surface area contributed by atoms with E-state index >= 15 is 0 Å². The lowest BCUT2D eigenvalue weighted by Crippen LogP contribution is -2.11. The number of rotatable bonds is 0. The SMILES string of the molecule is Cn1ccc2c1CC1CC2c2ccccc21. The Morgan fingerprint density at radius 2 is 1.88 bits per heavy atom. The molecule has 0 spiro atoms. The van der Waals surface area contributed by atoms with Gasteiger partial charge in [-0.05, 0) is 41.5 Å². The van der Waals surface area contributed by atoms with Crippen molar-refractivity contribution in [3.63, 3.8) is 0 Å². The topological polar surface area (TPSA) is 4.93 Å². The number of benzene rings is 1. The Morgan fingerprint density at radius 3 is 2.75 bits per heavy atom. The second-order valence-corrected chi connectivity index (χ2v) is 5.15. The molecule has 0 radical (unpaired) electrons. The van der Waals surface area contributed by atoms with Crippen LogP contribution in [0.15, 0.2) is 36.5 Å². The van der Waals surface area contributed by atoms with Crippen LogP contribution in [0.4, 0.5) is 0 Å². The number of hydrogen-bond donors (Lipinski definition) is 0. The van der Waals surface area contributed by atoms with E-state index in [1.54, 1.807) is 22.4 Å². The van der Waals surface area contributed by atoms with Gasteiger partial charge in [0.15, 0.2) is 0 Å². The fourth-order valence-electron chi connectivity index (χ4n) is 3.62. The first kappa shape index (κ1) is 8.63.